The summed E-state index contributed by atoms with van der Waals surface area (Å²) in [4.78, 5) is 6.70. The second kappa shape index (κ2) is 6.21. The molecule has 1 aromatic rings. The van der Waals surface area contributed by atoms with Crippen molar-refractivity contribution in [2.75, 3.05) is 7.05 Å². The van der Waals surface area contributed by atoms with Crippen molar-refractivity contribution in [3.05, 3.63) is 18.2 Å². The lowest BCUT2D eigenvalue weighted by molar-refractivity contribution is 0.115. The molecule has 1 aliphatic carbocycles. The molecule has 1 saturated carbocycles. The van der Waals surface area contributed by atoms with Gasteiger partial charge in [-0.15, -0.1) is 0 Å². The zero-order valence-corrected chi connectivity index (χ0v) is 12.2. The first-order valence-corrected chi connectivity index (χ1v) is 7.21. The van der Waals surface area contributed by atoms with Crippen LogP contribution in [0.15, 0.2) is 12.4 Å². The van der Waals surface area contributed by atoms with Crippen molar-refractivity contribution in [3.8, 4) is 6.07 Å². The highest BCUT2D eigenvalue weighted by molar-refractivity contribution is 4.99. The Hall–Kier alpha value is -1.34. The van der Waals surface area contributed by atoms with Crippen LogP contribution in [0, 0.1) is 23.2 Å². The van der Waals surface area contributed by atoms with Gasteiger partial charge in [0, 0.05) is 25.5 Å². The fourth-order valence-corrected chi connectivity index (χ4v) is 3.13. The molecule has 1 aliphatic rings. The van der Waals surface area contributed by atoms with Gasteiger partial charge in [-0.3, -0.25) is 4.90 Å². The minimum Gasteiger partial charge on any atom is -0.337 e. The van der Waals surface area contributed by atoms with Gasteiger partial charge in [-0.1, -0.05) is 13.3 Å². The topological polar surface area (TPSA) is 44.9 Å². The highest BCUT2D eigenvalue weighted by atomic mass is 15.2. The molecule has 0 bridgehead atoms. The number of nitrogens with zero attached hydrogens (tertiary/aromatic N) is 4. The predicted octanol–water partition coefficient (Wildman–Crippen LogP) is 2.57. The van der Waals surface area contributed by atoms with Crippen LogP contribution in [0.2, 0.25) is 0 Å². The summed E-state index contributed by atoms with van der Waals surface area (Å²) in [5.74, 6) is 2.02. The van der Waals surface area contributed by atoms with Crippen LogP contribution in [-0.4, -0.2) is 27.5 Å². The third kappa shape index (κ3) is 3.16. The number of imidazole rings is 1. The molecular weight excluding hydrogens is 236 g/mol. The molecule has 3 atom stereocenters. The fourth-order valence-electron chi connectivity index (χ4n) is 3.13. The summed E-state index contributed by atoms with van der Waals surface area (Å²) in [6.07, 6.45) is 8.44. The summed E-state index contributed by atoms with van der Waals surface area (Å²) in [7, 11) is 4.15. The minimum atomic E-state index is 0.174. The monoisotopic (exact) mass is 260 g/mol. The van der Waals surface area contributed by atoms with E-state index in [1.807, 2.05) is 19.4 Å². The molecule has 104 valence electrons. The van der Waals surface area contributed by atoms with Gasteiger partial charge in [0.05, 0.1) is 18.5 Å². The molecule has 0 N–H and O–H groups in total. The van der Waals surface area contributed by atoms with Crippen LogP contribution in [0.5, 0.6) is 0 Å². The van der Waals surface area contributed by atoms with E-state index in [2.05, 4.69) is 34.5 Å². The van der Waals surface area contributed by atoms with E-state index >= 15 is 0 Å². The zero-order chi connectivity index (χ0) is 13.8. The summed E-state index contributed by atoms with van der Waals surface area (Å²) in [5.41, 5.74) is 0. The maximum Gasteiger partial charge on any atom is 0.122 e. The van der Waals surface area contributed by atoms with E-state index in [0.717, 1.165) is 31.1 Å². The van der Waals surface area contributed by atoms with E-state index in [4.69, 9.17) is 0 Å². The van der Waals surface area contributed by atoms with Gasteiger partial charge in [0.25, 0.3) is 0 Å². The van der Waals surface area contributed by atoms with Crippen molar-refractivity contribution in [3.63, 3.8) is 0 Å². The average molecular weight is 260 g/mol. The summed E-state index contributed by atoms with van der Waals surface area (Å²) < 4.78 is 2.05. The van der Waals surface area contributed by atoms with Crippen LogP contribution in [0.3, 0.4) is 0 Å². The van der Waals surface area contributed by atoms with Crippen LogP contribution in [0.1, 0.15) is 38.4 Å². The normalized spacial score (nSPS) is 27.4. The minimum absolute atomic E-state index is 0.174. The largest absolute Gasteiger partial charge is 0.337 e. The Bertz CT molecular complexity index is 445. The number of aryl methyl sites for hydroxylation is 1. The fraction of sp³-hybridized carbons (Fsp3) is 0.733. The Morgan fingerprint density at radius 2 is 2.32 bits per heavy atom. The first-order chi connectivity index (χ1) is 9.15. The van der Waals surface area contributed by atoms with Crippen LogP contribution in [0.25, 0.3) is 0 Å². The number of hydrogen-bond acceptors (Lipinski definition) is 3. The third-order valence-electron chi connectivity index (χ3n) is 4.55. The highest BCUT2D eigenvalue weighted by Gasteiger charge is 2.32. The molecule has 19 heavy (non-hydrogen) atoms. The van der Waals surface area contributed by atoms with Crippen molar-refractivity contribution in [1.29, 1.82) is 5.26 Å². The van der Waals surface area contributed by atoms with Gasteiger partial charge in [0.15, 0.2) is 0 Å². The van der Waals surface area contributed by atoms with Gasteiger partial charge in [0.1, 0.15) is 5.82 Å². The second-order valence-electron chi connectivity index (χ2n) is 5.76. The van der Waals surface area contributed by atoms with E-state index in [0.29, 0.717) is 6.04 Å². The Balaban J connectivity index is 2.04. The first-order valence-electron chi connectivity index (χ1n) is 7.21. The molecule has 0 amide bonds. The average Bonchev–Trinajstić information content (AvgIpc) is 2.83. The number of nitriles is 1. The molecule has 0 aliphatic heterocycles. The Kier molecular flexibility index (Phi) is 4.60. The molecule has 0 aromatic carbocycles. The van der Waals surface area contributed by atoms with Crippen molar-refractivity contribution in [1.82, 2.24) is 14.5 Å². The van der Waals surface area contributed by atoms with Gasteiger partial charge >= 0.3 is 0 Å². The maximum absolute atomic E-state index is 9.35. The summed E-state index contributed by atoms with van der Waals surface area (Å²) >= 11 is 0. The Labute approximate surface area is 116 Å². The molecule has 4 heteroatoms. The molecule has 4 nitrogen and oxygen atoms in total. The summed E-state index contributed by atoms with van der Waals surface area (Å²) in [6, 6.07) is 2.88. The van der Waals surface area contributed by atoms with Gasteiger partial charge in [-0.05, 0) is 32.2 Å². The number of hydrogen-bond donors (Lipinski definition) is 0. The number of aromatic nitrogens is 2. The van der Waals surface area contributed by atoms with Gasteiger partial charge < -0.3 is 4.57 Å². The summed E-state index contributed by atoms with van der Waals surface area (Å²) in [5, 5.41) is 9.35. The second-order valence-corrected chi connectivity index (χ2v) is 5.76. The lowest BCUT2D eigenvalue weighted by Crippen LogP contribution is -2.41. The van der Waals surface area contributed by atoms with Crippen LogP contribution in [-0.2, 0) is 13.6 Å². The zero-order valence-electron chi connectivity index (χ0n) is 12.2. The molecule has 1 fully saturated rings. The van der Waals surface area contributed by atoms with E-state index in [1.54, 1.807) is 0 Å². The smallest absolute Gasteiger partial charge is 0.122 e. The van der Waals surface area contributed by atoms with Gasteiger partial charge in [-0.2, -0.15) is 5.26 Å². The summed E-state index contributed by atoms with van der Waals surface area (Å²) in [6.45, 7) is 3.08. The van der Waals surface area contributed by atoms with E-state index in [1.165, 1.54) is 12.8 Å². The Morgan fingerprint density at radius 1 is 1.53 bits per heavy atom. The first kappa shape index (κ1) is 14.1. The SMILES string of the molecule is CCC1CCC(C#N)C(N(C)Cc2nccn2C)C1. The standard InChI is InChI=1S/C15H24N4/c1-4-12-5-6-13(10-16)14(9-12)19(3)11-15-17-7-8-18(15)2/h7-8,12-14H,4-6,9,11H2,1-3H3. The van der Waals surface area contributed by atoms with Crippen molar-refractivity contribution >= 4 is 0 Å². The van der Waals surface area contributed by atoms with Gasteiger partial charge in [0.2, 0.25) is 0 Å². The Morgan fingerprint density at radius 3 is 2.89 bits per heavy atom. The molecule has 0 saturated heterocycles. The molecule has 2 rings (SSSR count). The molecule has 1 aromatic heterocycles. The quantitative estimate of drug-likeness (QED) is 0.835. The highest BCUT2D eigenvalue weighted by Crippen LogP contribution is 2.33. The maximum atomic E-state index is 9.35. The van der Waals surface area contributed by atoms with Crippen LogP contribution >= 0.6 is 0 Å². The van der Waals surface area contributed by atoms with E-state index < -0.39 is 0 Å². The molecule has 0 spiro atoms. The lowest BCUT2D eigenvalue weighted by Gasteiger charge is -2.38. The molecule has 3 unspecified atom stereocenters. The van der Waals surface area contributed by atoms with E-state index in [9.17, 15) is 5.26 Å². The van der Waals surface area contributed by atoms with E-state index in [-0.39, 0.29) is 5.92 Å². The van der Waals surface area contributed by atoms with Crippen LogP contribution < -0.4 is 0 Å². The lowest BCUT2D eigenvalue weighted by atomic mass is 9.77. The van der Waals surface area contributed by atoms with Crippen molar-refractivity contribution in [2.45, 2.75) is 45.2 Å². The van der Waals surface area contributed by atoms with Crippen molar-refractivity contribution < 1.29 is 0 Å². The molecular formula is C15H24N4. The van der Waals surface area contributed by atoms with Gasteiger partial charge in [-0.25, -0.2) is 4.98 Å². The predicted molar refractivity (Wildman–Crippen MR) is 75.2 cm³/mol. The number of rotatable bonds is 4. The molecule has 1 heterocycles. The third-order valence-corrected chi connectivity index (χ3v) is 4.55. The molecule has 0 radical (unpaired) electrons. The van der Waals surface area contributed by atoms with Crippen molar-refractivity contribution in [2.24, 2.45) is 18.9 Å². The van der Waals surface area contributed by atoms with Crippen LogP contribution in [0.4, 0.5) is 0 Å².